The molecule has 0 aromatic heterocycles. The van der Waals surface area contributed by atoms with Gasteiger partial charge in [0.2, 0.25) is 5.91 Å². The van der Waals surface area contributed by atoms with E-state index >= 15 is 0 Å². The molecule has 1 amide bonds. The summed E-state index contributed by atoms with van der Waals surface area (Å²) in [5, 5.41) is 9.91. The smallest absolute Gasteiger partial charge is 0.280 e. The van der Waals surface area contributed by atoms with Crippen LogP contribution in [0.3, 0.4) is 0 Å². The van der Waals surface area contributed by atoms with Crippen LogP contribution in [-0.4, -0.2) is 28.9 Å². The van der Waals surface area contributed by atoms with Crippen LogP contribution in [0.25, 0.3) is 0 Å². The number of carbonyl (C=O) groups is 1. The van der Waals surface area contributed by atoms with E-state index in [-0.39, 0.29) is 12.6 Å². The van der Waals surface area contributed by atoms with Crippen LogP contribution in [0.15, 0.2) is 0 Å². The van der Waals surface area contributed by atoms with Gasteiger partial charge in [-0.25, -0.2) is 0 Å². The minimum absolute atomic E-state index is 0.100. The number of nitro groups is 1. The Morgan fingerprint density at radius 2 is 2.40 bits per heavy atom. The first-order valence-electron chi connectivity index (χ1n) is 3.10. The molecule has 0 saturated carbocycles. The van der Waals surface area contributed by atoms with E-state index < -0.39 is 4.92 Å². The number of amides is 1. The molecule has 1 rings (SSSR count). The van der Waals surface area contributed by atoms with Crippen LogP contribution in [-0.2, 0) is 4.79 Å². The molecule has 0 radical (unpaired) electrons. The minimum Gasteiger partial charge on any atom is -0.283 e. The maximum Gasteiger partial charge on any atom is 0.280 e. The highest BCUT2D eigenvalue weighted by Gasteiger charge is 2.23. The predicted octanol–water partition coefficient (Wildman–Crippen LogP) is -0.157. The molecule has 0 spiro atoms. The summed E-state index contributed by atoms with van der Waals surface area (Å²) in [6.07, 6.45) is 1.22. The molecule has 0 unspecified atom stereocenters. The molecule has 1 heterocycles. The summed E-state index contributed by atoms with van der Waals surface area (Å²) < 4.78 is 0. The lowest BCUT2D eigenvalue weighted by molar-refractivity contribution is -0.499. The zero-order valence-electron chi connectivity index (χ0n) is 5.45. The maximum atomic E-state index is 10.7. The van der Waals surface area contributed by atoms with Crippen molar-refractivity contribution >= 4 is 5.91 Å². The summed E-state index contributed by atoms with van der Waals surface area (Å²) in [5.41, 5.74) is 0. The van der Waals surface area contributed by atoms with Crippen LogP contribution in [0.4, 0.5) is 0 Å². The zero-order valence-corrected chi connectivity index (χ0v) is 5.45. The normalized spacial score (nSPS) is 18.0. The quantitative estimate of drug-likeness (QED) is 0.399. The van der Waals surface area contributed by atoms with Gasteiger partial charge in [0.05, 0.1) is 0 Å². The second kappa shape index (κ2) is 2.64. The average Bonchev–Trinajstić information content (AvgIpc) is 2.15. The maximum absolute atomic E-state index is 10.7. The Labute approximate surface area is 57.8 Å². The standard InChI is InChI=1S/C5H8N2O3/c8-5-2-1-3-6(5)4-7(9)10/h1-4H2. The van der Waals surface area contributed by atoms with E-state index in [0.717, 1.165) is 6.42 Å². The van der Waals surface area contributed by atoms with Crippen LogP contribution < -0.4 is 0 Å². The number of likely N-dealkylation sites (tertiary alicyclic amines) is 1. The lowest BCUT2D eigenvalue weighted by Gasteiger charge is -2.07. The predicted molar refractivity (Wildman–Crippen MR) is 32.8 cm³/mol. The Bertz CT molecular complexity index is 168. The van der Waals surface area contributed by atoms with E-state index in [4.69, 9.17) is 0 Å². The fourth-order valence-electron chi connectivity index (χ4n) is 0.993. The number of hydrogen-bond donors (Lipinski definition) is 0. The average molecular weight is 144 g/mol. The Kier molecular flexibility index (Phi) is 1.84. The van der Waals surface area contributed by atoms with Gasteiger partial charge >= 0.3 is 0 Å². The van der Waals surface area contributed by atoms with Crippen molar-refractivity contribution in [1.29, 1.82) is 0 Å². The second-order valence-electron chi connectivity index (χ2n) is 2.23. The van der Waals surface area contributed by atoms with Gasteiger partial charge in [-0.15, -0.1) is 0 Å². The summed E-state index contributed by atoms with van der Waals surface area (Å²) in [7, 11) is 0. The largest absolute Gasteiger partial charge is 0.283 e. The summed E-state index contributed by atoms with van der Waals surface area (Å²) >= 11 is 0. The third-order valence-electron chi connectivity index (χ3n) is 1.46. The van der Waals surface area contributed by atoms with E-state index in [1.54, 1.807) is 0 Å². The molecule has 0 N–H and O–H groups in total. The molecular weight excluding hydrogens is 136 g/mol. The molecule has 0 aromatic carbocycles. The third-order valence-corrected chi connectivity index (χ3v) is 1.46. The number of nitrogens with zero attached hydrogens (tertiary/aromatic N) is 2. The molecular formula is C5H8N2O3. The second-order valence-corrected chi connectivity index (χ2v) is 2.23. The van der Waals surface area contributed by atoms with Crippen LogP contribution in [0.1, 0.15) is 12.8 Å². The summed E-state index contributed by atoms with van der Waals surface area (Å²) in [6, 6.07) is 0. The van der Waals surface area contributed by atoms with Crippen molar-refractivity contribution in [1.82, 2.24) is 4.90 Å². The van der Waals surface area contributed by atoms with E-state index in [2.05, 4.69) is 0 Å². The molecule has 1 aliphatic heterocycles. The summed E-state index contributed by atoms with van der Waals surface area (Å²) in [6.45, 7) is 0.207. The zero-order chi connectivity index (χ0) is 7.56. The molecule has 56 valence electrons. The SMILES string of the molecule is O=C1CCCN1C[N+](=O)[O-]. The lowest BCUT2D eigenvalue weighted by atomic mass is 10.4. The molecule has 0 bridgehead atoms. The van der Waals surface area contributed by atoms with Gasteiger partial charge in [0.25, 0.3) is 6.67 Å². The van der Waals surface area contributed by atoms with Crippen LogP contribution in [0.5, 0.6) is 0 Å². The van der Waals surface area contributed by atoms with Gasteiger partial charge in [-0.1, -0.05) is 0 Å². The molecule has 0 atom stereocenters. The van der Waals surface area contributed by atoms with Crippen molar-refractivity contribution in [3.8, 4) is 0 Å². The minimum atomic E-state index is -0.483. The van der Waals surface area contributed by atoms with Crippen LogP contribution in [0.2, 0.25) is 0 Å². The number of rotatable bonds is 2. The van der Waals surface area contributed by atoms with Gasteiger partial charge in [-0.3, -0.25) is 19.8 Å². The molecule has 0 aromatic rings. The first-order valence-corrected chi connectivity index (χ1v) is 3.10. The lowest BCUT2D eigenvalue weighted by Crippen LogP contribution is -2.30. The van der Waals surface area contributed by atoms with Crippen molar-refractivity contribution < 1.29 is 9.72 Å². The molecule has 0 aliphatic carbocycles. The van der Waals surface area contributed by atoms with Crippen molar-refractivity contribution in [2.75, 3.05) is 13.2 Å². The number of carbonyl (C=O) groups excluding carboxylic acids is 1. The Morgan fingerprint density at radius 1 is 1.70 bits per heavy atom. The topological polar surface area (TPSA) is 63.5 Å². The van der Waals surface area contributed by atoms with Gasteiger partial charge < -0.3 is 0 Å². The Hall–Kier alpha value is -1.13. The fraction of sp³-hybridized carbons (Fsp3) is 0.800. The Balaban J connectivity index is 2.40. The highest BCUT2D eigenvalue weighted by molar-refractivity contribution is 5.77. The highest BCUT2D eigenvalue weighted by Crippen LogP contribution is 2.07. The highest BCUT2D eigenvalue weighted by atomic mass is 16.6. The molecule has 1 saturated heterocycles. The van der Waals surface area contributed by atoms with Gasteiger partial charge in [0.1, 0.15) is 0 Å². The third kappa shape index (κ3) is 1.43. The monoisotopic (exact) mass is 144 g/mol. The molecule has 5 nitrogen and oxygen atoms in total. The number of hydrogen-bond acceptors (Lipinski definition) is 3. The van der Waals surface area contributed by atoms with E-state index in [0.29, 0.717) is 13.0 Å². The van der Waals surface area contributed by atoms with Gasteiger partial charge in [-0.05, 0) is 6.42 Å². The fourth-order valence-corrected chi connectivity index (χ4v) is 0.993. The van der Waals surface area contributed by atoms with Crippen LogP contribution >= 0.6 is 0 Å². The van der Waals surface area contributed by atoms with Gasteiger partial charge in [-0.2, -0.15) is 0 Å². The van der Waals surface area contributed by atoms with Gasteiger partial charge in [0, 0.05) is 17.9 Å². The summed E-state index contributed by atoms with van der Waals surface area (Å²) in [5.74, 6) is -0.100. The van der Waals surface area contributed by atoms with E-state index in [1.165, 1.54) is 4.90 Å². The molecule has 1 fully saturated rings. The summed E-state index contributed by atoms with van der Waals surface area (Å²) in [4.78, 5) is 21.4. The van der Waals surface area contributed by atoms with E-state index in [1.807, 2.05) is 0 Å². The molecule has 5 heteroatoms. The van der Waals surface area contributed by atoms with Crippen molar-refractivity contribution in [2.45, 2.75) is 12.8 Å². The first kappa shape index (κ1) is 6.98. The van der Waals surface area contributed by atoms with Gasteiger partial charge in [0.15, 0.2) is 0 Å². The van der Waals surface area contributed by atoms with Crippen LogP contribution in [0, 0.1) is 10.1 Å². The Morgan fingerprint density at radius 3 is 2.80 bits per heavy atom. The first-order chi connectivity index (χ1) is 4.70. The molecule has 1 aliphatic rings. The van der Waals surface area contributed by atoms with E-state index in [9.17, 15) is 14.9 Å². The van der Waals surface area contributed by atoms with Crippen molar-refractivity contribution in [2.24, 2.45) is 0 Å². The van der Waals surface area contributed by atoms with Crippen molar-refractivity contribution in [3.63, 3.8) is 0 Å². The van der Waals surface area contributed by atoms with Crippen molar-refractivity contribution in [3.05, 3.63) is 10.1 Å². The molecule has 10 heavy (non-hydrogen) atoms.